The maximum Gasteiger partial charge on any atom is 0.251 e. The molecular weight excluding hydrogens is 444 g/mol. The second kappa shape index (κ2) is 13.3. The number of pyridine rings is 1. The molecule has 0 aliphatic rings. The van der Waals surface area contributed by atoms with E-state index in [1.54, 1.807) is 20.3 Å². The first kappa shape index (κ1) is 26.0. The third-order valence-electron chi connectivity index (χ3n) is 5.29. The maximum atomic E-state index is 12.5. The highest BCUT2D eigenvalue weighted by Gasteiger charge is 2.09. The molecule has 3 rings (SSSR count). The summed E-state index contributed by atoms with van der Waals surface area (Å²) in [6.45, 7) is 5.65. The van der Waals surface area contributed by atoms with Gasteiger partial charge in [0, 0.05) is 36.8 Å². The number of aromatic nitrogens is 1. The van der Waals surface area contributed by atoms with E-state index < -0.39 is 0 Å². The molecule has 35 heavy (non-hydrogen) atoms. The molecule has 0 aliphatic carbocycles. The largest absolute Gasteiger partial charge is 0.493 e. The third kappa shape index (κ3) is 8.00. The van der Waals surface area contributed by atoms with Crippen molar-refractivity contribution in [2.24, 2.45) is 0 Å². The fraction of sp³-hybridized carbons (Fsp3) is 0.357. The molecule has 0 saturated heterocycles. The summed E-state index contributed by atoms with van der Waals surface area (Å²) in [5, 5.41) is 2.94. The summed E-state index contributed by atoms with van der Waals surface area (Å²) in [6.07, 6.45) is 1.67. The number of methoxy groups -OCH3 is 2. The van der Waals surface area contributed by atoms with Gasteiger partial charge in [0.15, 0.2) is 11.5 Å². The Hall–Kier alpha value is -3.58. The standard InChI is InChI=1S/C28H34N2O5/c1-20(2)34-16-7-15-29-28(31)23-9-5-8-22(19-23)24-10-6-11-27(30-24)35-17-14-21-12-13-25(32-3)26(18-21)33-4/h5-6,8-13,18-20H,7,14-17H2,1-4H3,(H,29,31). The first-order valence-corrected chi connectivity index (χ1v) is 11.8. The second-order valence-electron chi connectivity index (χ2n) is 8.26. The highest BCUT2D eigenvalue weighted by molar-refractivity contribution is 5.95. The lowest BCUT2D eigenvalue weighted by Gasteiger charge is -2.11. The number of carbonyl (C=O) groups is 1. The molecule has 0 saturated carbocycles. The van der Waals surface area contributed by atoms with Gasteiger partial charge in [0.2, 0.25) is 5.88 Å². The predicted octanol–water partition coefficient (Wildman–Crippen LogP) is 4.93. The molecule has 7 heteroatoms. The lowest BCUT2D eigenvalue weighted by molar-refractivity contribution is 0.0757. The molecule has 1 heterocycles. The molecule has 0 spiro atoms. The minimum absolute atomic E-state index is 0.112. The summed E-state index contributed by atoms with van der Waals surface area (Å²) in [5.41, 5.74) is 3.27. The van der Waals surface area contributed by atoms with Crippen molar-refractivity contribution in [3.63, 3.8) is 0 Å². The minimum Gasteiger partial charge on any atom is -0.493 e. The van der Waals surface area contributed by atoms with E-state index in [1.807, 2.05) is 68.4 Å². The first-order chi connectivity index (χ1) is 17.0. The summed E-state index contributed by atoms with van der Waals surface area (Å²) in [5.74, 6) is 1.81. The van der Waals surface area contributed by atoms with Crippen molar-refractivity contribution in [2.45, 2.75) is 32.8 Å². The molecular formula is C28H34N2O5. The van der Waals surface area contributed by atoms with Crippen LogP contribution in [0, 0.1) is 0 Å². The van der Waals surface area contributed by atoms with Crippen LogP contribution in [-0.2, 0) is 11.2 Å². The molecule has 186 valence electrons. The van der Waals surface area contributed by atoms with Crippen LogP contribution in [-0.4, -0.2) is 51.0 Å². The van der Waals surface area contributed by atoms with Gasteiger partial charge < -0.3 is 24.3 Å². The summed E-state index contributed by atoms with van der Waals surface area (Å²) in [7, 11) is 3.24. The Labute approximate surface area is 207 Å². The molecule has 0 atom stereocenters. The Morgan fingerprint density at radius 3 is 2.51 bits per heavy atom. The predicted molar refractivity (Wildman–Crippen MR) is 136 cm³/mol. The highest BCUT2D eigenvalue weighted by atomic mass is 16.5. The van der Waals surface area contributed by atoms with Gasteiger partial charge in [-0.2, -0.15) is 0 Å². The Kier molecular flexibility index (Phi) is 9.93. The van der Waals surface area contributed by atoms with E-state index in [1.165, 1.54) is 0 Å². The second-order valence-corrected chi connectivity index (χ2v) is 8.26. The molecule has 0 bridgehead atoms. The van der Waals surface area contributed by atoms with E-state index in [4.69, 9.17) is 18.9 Å². The van der Waals surface area contributed by atoms with Gasteiger partial charge in [0.05, 0.1) is 32.6 Å². The Bertz CT molecular complexity index is 1100. The van der Waals surface area contributed by atoms with Crippen LogP contribution in [0.2, 0.25) is 0 Å². The van der Waals surface area contributed by atoms with Crippen LogP contribution in [0.5, 0.6) is 17.4 Å². The quantitative estimate of drug-likeness (QED) is 0.351. The summed E-state index contributed by atoms with van der Waals surface area (Å²) in [6, 6.07) is 18.9. The van der Waals surface area contributed by atoms with Gasteiger partial charge >= 0.3 is 0 Å². The average molecular weight is 479 g/mol. The van der Waals surface area contributed by atoms with Gasteiger partial charge in [-0.3, -0.25) is 4.79 Å². The number of ether oxygens (including phenoxy) is 4. The topological polar surface area (TPSA) is 78.9 Å². The molecule has 0 unspecified atom stereocenters. The van der Waals surface area contributed by atoms with E-state index in [9.17, 15) is 4.79 Å². The zero-order valence-corrected chi connectivity index (χ0v) is 20.9. The van der Waals surface area contributed by atoms with Crippen LogP contribution >= 0.6 is 0 Å². The van der Waals surface area contributed by atoms with Gasteiger partial charge in [-0.15, -0.1) is 0 Å². The Morgan fingerprint density at radius 1 is 0.943 bits per heavy atom. The molecule has 0 aliphatic heterocycles. The van der Waals surface area contributed by atoms with Crippen molar-refractivity contribution >= 4 is 5.91 Å². The highest BCUT2D eigenvalue weighted by Crippen LogP contribution is 2.28. The Balaban J connectivity index is 1.57. The van der Waals surface area contributed by atoms with E-state index in [-0.39, 0.29) is 12.0 Å². The molecule has 0 fully saturated rings. The number of hydrogen-bond acceptors (Lipinski definition) is 6. The zero-order chi connectivity index (χ0) is 25.0. The third-order valence-corrected chi connectivity index (χ3v) is 5.29. The average Bonchev–Trinajstić information content (AvgIpc) is 2.88. The van der Waals surface area contributed by atoms with Gasteiger partial charge in [0.1, 0.15) is 0 Å². The molecule has 0 radical (unpaired) electrons. The SMILES string of the molecule is COc1ccc(CCOc2cccc(-c3cccc(C(=O)NCCCOC(C)C)c3)n2)cc1OC. The van der Waals surface area contributed by atoms with Gasteiger partial charge in [0.25, 0.3) is 5.91 Å². The minimum atomic E-state index is -0.112. The molecule has 2 aromatic carbocycles. The molecule has 3 aromatic rings. The van der Waals surface area contributed by atoms with Gasteiger partial charge in [-0.25, -0.2) is 4.98 Å². The number of rotatable bonds is 13. The van der Waals surface area contributed by atoms with E-state index in [2.05, 4.69) is 10.3 Å². The van der Waals surface area contributed by atoms with E-state index in [0.29, 0.717) is 49.1 Å². The van der Waals surface area contributed by atoms with Gasteiger partial charge in [-0.05, 0) is 56.2 Å². The molecule has 7 nitrogen and oxygen atoms in total. The van der Waals surface area contributed by atoms with Crippen LogP contribution in [0.4, 0.5) is 0 Å². The fourth-order valence-electron chi connectivity index (χ4n) is 3.48. The maximum absolute atomic E-state index is 12.5. The molecule has 1 aromatic heterocycles. The zero-order valence-electron chi connectivity index (χ0n) is 20.9. The van der Waals surface area contributed by atoms with Crippen molar-refractivity contribution in [3.05, 3.63) is 71.8 Å². The van der Waals surface area contributed by atoms with Crippen LogP contribution in [0.3, 0.4) is 0 Å². The van der Waals surface area contributed by atoms with Crippen LogP contribution < -0.4 is 19.5 Å². The van der Waals surface area contributed by atoms with Crippen molar-refractivity contribution in [2.75, 3.05) is 34.0 Å². The van der Waals surface area contributed by atoms with Crippen LogP contribution in [0.15, 0.2) is 60.7 Å². The van der Waals surface area contributed by atoms with Crippen LogP contribution in [0.1, 0.15) is 36.2 Å². The van der Waals surface area contributed by atoms with Crippen LogP contribution in [0.25, 0.3) is 11.3 Å². The smallest absolute Gasteiger partial charge is 0.251 e. The number of nitrogens with zero attached hydrogens (tertiary/aromatic N) is 1. The van der Waals surface area contributed by atoms with E-state index in [0.717, 1.165) is 23.2 Å². The number of carbonyl (C=O) groups excluding carboxylic acids is 1. The normalized spacial score (nSPS) is 10.8. The summed E-state index contributed by atoms with van der Waals surface area (Å²) < 4.78 is 22.1. The molecule has 1 N–H and O–H groups in total. The Morgan fingerprint density at radius 2 is 1.74 bits per heavy atom. The van der Waals surface area contributed by atoms with E-state index >= 15 is 0 Å². The summed E-state index contributed by atoms with van der Waals surface area (Å²) in [4.78, 5) is 17.2. The monoisotopic (exact) mass is 478 g/mol. The van der Waals surface area contributed by atoms with Gasteiger partial charge in [-0.1, -0.05) is 24.3 Å². The van der Waals surface area contributed by atoms with Crippen molar-refractivity contribution < 1.29 is 23.7 Å². The molecule has 1 amide bonds. The lowest BCUT2D eigenvalue weighted by Crippen LogP contribution is -2.25. The lowest BCUT2D eigenvalue weighted by atomic mass is 10.1. The number of hydrogen-bond donors (Lipinski definition) is 1. The van der Waals surface area contributed by atoms with Crippen molar-refractivity contribution in [1.82, 2.24) is 10.3 Å². The summed E-state index contributed by atoms with van der Waals surface area (Å²) >= 11 is 0. The number of amides is 1. The number of benzene rings is 2. The van der Waals surface area contributed by atoms with Crippen molar-refractivity contribution in [3.8, 4) is 28.6 Å². The first-order valence-electron chi connectivity index (χ1n) is 11.8. The van der Waals surface area contributed by atoms with Crippen molar-refractivity contribution in [1.29, 1.82) is 0 Å². The fourth-order valence-corrected chi connectivity index (χ4v) is 3.48. The number of nitrogens with one attached hydrogen (secondary N) is 1.